The largest absolute Gasteiger partial charge is 0.336 e. The Balaban J connectivity index is 1.52. The van der Waals surface area contributed by atoms with Crippen LogP contribution in [0.25, 0.3) is 56.2 Å². The number of hydrogen-bond donors (Lipinski definition) is 2. The van der Waals surface area contributed by atoms with Crippen molar-refractivity contribution in [2.45, 2.75) is 6.92 Å². The van der Waals surface area contributed by atoms with Crippen molar-refractivity contribution >= 4 is 21.9 Å². The van der Waals surface area contributed by atoms with Gasteiger partial charge in [0.15, 0.2) is 5.82 Å². The highest BCUT2D eigenvalue weighted by atomic mass is 15.1. The van der Waals surface area contributed by atoms with Crippen molar-refractivity contribution in [1.82, 2.24) is 44.7 Å². The zero-order valence-corrected chi connectivity index (χ0v) is 16.8. The molecule has 0 aliphatic rings. The minimum absolute atomic E-state index is 0.657. The van der Waals surface area contributed by atoms with Crippen molar-refractivity contribution in [3.05, 3.63) is 60.9 Å². The molecule has 6 aromatic heterocycles. The summed E-state index contributed by atoms with van der Waals surface area (Å²) in [4.78, 5) is 26.1. The second-order valence-corrected chi connectivity index (χ2v) is 7.29. The summed E-state index contributed by atoms with van der Waals surface area (Å²) in [6.07, 6.45) is 7.12. The first-order valence-electron chi connectivity index (χ1n) is 9.78. The third-order valence-electron chi connectivity index (χ3n) is 5.46. The highest BCUT2D eigenvalue weighted by Gasteiger charge is 2.17. The minimum atomic E-state index is 0.657. The molecule has 0 unspecified atom stereocenters. The van der Waals surface area contributed by atoms with Crippen LogP contribution in [0.15, 0.2) is 55.1 Å². The predicted molar refractivity (Wildman–Crippen MR) is 117 cm³/mol. The second kappa shape index (κ2) is 6.56. The summed E-state index contributed by atoms with van der Waals surface area (Å²) >= 11 is 0. The average Bonchev–Trinajstić information content (AvgIpc) is 3.50. The van der Waals surface area contributed by atoms with E-state index >= 15 is 0 Å². The maximum Gasteiger partial charge on any atom is 0.159 e. The lowest BCUT2D eigenvalue weighted by molar-refractivity contribution is 0.862. The topological polar surface area (TPSA) is 114 Å². The van der Waals surface area contributed by atoms with Gasteiger partial charge >= 0.3 is 0 Å². The van der Waals surface area contributed by atoms with Gasteiger partial charge in [-0.05, 0) is 31.2 Å². The summed E-state index contributed by atoms with van der Waals surface area (Å²) in [6.45, 7) is 1.97. The monoisotopic (exact) mass is 407 g/mol. The first-order chi connectivity index (χ1) is 15.2. The lowest BCUT2D eigenvalue weighted by Gasteiger charge is -2.03. The number of pyridine rings is 3. The highest BCUT2D eigenvalue weighted by Crippen LogP contribution is 2.31. The number of aromatic nitrogens is 9. The number of fused-ring (bicyclic) bond motifs is 2. The molecule has 0 fully saturated rings. The molecule has 6 rings (SSSR count). The van der Waals surface area contributed by atoms with Crippen LogP contribution in [0.5, 0.6) is 0 Å². The van der Waals surface area contributed by atoms with E-state index in [-0.39, 0.29) is 0 Å². The van der Waals surface area contributed by atoms with E-state index in [1.807, 2.05) is 55.1 Å². The van der Waals surface area contributed by atoms with Gasteiger partial charge in [-0.15, -0.1) is 0 Å². The number of H-pyrrole nitrogens is 2. The summed E-state index contributed by atoms with van der Waals surface area (Å²) in [5.41, 5.74) is 6.45. The predicted octanol–water partition coefficient (Wildman–Crippen LogP) is 3.67. The van der Waals surface area contributed by atoms with Crippen LogP contribution in [0, 0.1) is 6.92 Å². The molecule has 0 aliphatic carbocycles. The Labute approximate surface area is 176 Å². The molecule has 6 aromatic rings. The molecule has 0 radical (unpaired) electrons. The smallest absolute Gasteiger partial charge is 0.159 e. The number of imidazole rings is 2. The summed E-state index contributed by atoms with van der Waals surface area (Å²) in [6, 6.07) is 9.65. The standard InChI is InChI=1S/C22H17N9/c1-12-25-11-18(31(12)2)16-9-13-17(10-26-16)29-30-19(13)22-27-15-6-8-24-20(21(15)28-22)14-5-3-4-7-23-14/h3-11H,1-2H3,(H,27,28)(H,29,30). The maximum absolute atomic E-state index is 4.83. The number of nitrogens with one attached hydrogen (secondary N) is 2. The van der Waals surface area contributed by atoms with E-state index in [2.05, 4.69) is 35.1 Å². The quantitative estimate of drug-likeness (QED) is 0.463. The Hall–Kier alpha value is -4.40. The van der Waals surface area contributed by atoms with Crippen LogP contribution in [-0.4, -0.2) is 44.7 Å². The van der Waals surface area contributed by atoms with Gasteiger partial charge < -0.3 is 9.55 Å². The zero-order chi connectivity index (χ0) is 20.9. The molecule has 0 amide bonds. The molecule has 2 N–H and O–H groups in total. The molecule has 9 heteroatoms. The minimum Gasteiger partial charge on any atom is -0.336 e. The maximum atomic E-state index is 4.83. The normalized spacial score (nSPS) is 11.5. The zero-order valence-electron chi connectivity index (χ0n) is 16.8. The van der Waals surface area contributed by atoms with E-state index in [1.54, 1.807) is 18.6 Å². The van der Waals surface area contributed by atoms with Gasteiger partial charge in [-0.1, -0.05) is 6.07 Å². The summed E-state index contributed by atoms with van der Waals surface area (Å²) in [5, 5.41) is 8.49. The molecule has 9 nitrogen and oxygen atoms in total. The van der Waals surface area contributed by atoms with Gasteiger partial charge in [0.2, 0.25) is 0 Å². The van der Waals surface area contributed by atoms with E-state index in [1.165, 1.54) is 0 Å². The molecule has 0 atom stereocenters. The van der Waals surface area contributed by atoms with Crippen LogP contribution in [0.3, 0.4) is 0 Å². The van der Waals surface area contributed by atoms with Crippen molar-refractivity contribution in [2.24, 2.45) is 7.05 Å². The first kappa shape index (κ1) is 17.5. The molecular formula is C22H17N9. The number of nitrogens with zero attached hydrogens (tertiary/aromatic N) is 7. The van der Waals surface area contributed by atoms with E-state index in [0.717, 1.165) is 56.2 Å². The molecule has 0 aliphatic heterocycles. The molecule has 0 saturated carbocycles. The van der Waals surface area contributed by atoms with Gasteiger partial charge in [-0.3, -0.25) is 20.1 Å². The van der Waals surface area contributed by atoms with Crippen molar-refractivity contribution in [3.8, 4) is 34.3 Å². The number of rotatable bonds is 3. The van der Waals surface area contributed by atoms with Gasteiger partial charge in [0, 0.05) is 24.8 Å². The van der Waals surface area contributed by atoms with Crippen LogP contribution in [0.1, 0.15) is 5.82 Å². The average molecular weight is 407 g/mol. The number of aryl methyl sites for hydroxylation is 1. The first-order valence-corrected chi connectivity index (χ1v) is 9.78. The second-order valence-electron chi connectivity index (χ2n) is 7.29. The SMILES string of the molecule is Cc1ncc(-c2cc3c(-c4nc5c(-c6ccccn6)nccc5[nH]4)n[nH]c3cn2)n1C. The highest BCUT2D eigenvalue weighted by molar-refractivity contribution is 5.96. The van der Waals surface area contributed by atoms with E-state index in [0.29, 0.717) is 5.82 Å². The molecule has 0 aromatic carbocycles. The third kappa shape index (κ3) is 2.71. The Morgan fingerprint density at radius 3 is 2.61 bits per heavy atom. The number of aromatic amines is 2. The van der Waals surface area contributed by atoms with Gasteiger partial charge in [-0.2, -0.15) is 5.10 Å². The Kier molecular flexibility index (Phi) is 3.69. The lowest BCUT2D eigenvalue weighted by atomic mass is 10.2. The fourth-order valence-corrected chi connectivity index (χ4v) is 3.72. The summed E-state index contributed by atoms with van der Waals surface area (Å²) in [5.74, 6) is 1.58. The van der Waals surface area contributed by atoms with Crippen LogP contribution in [0.4, 0.5) is 0 Å². The Bertz CT molecular complexity index is 1560. The third-order valence-corrected chi connectivity index (χ3v) is 5.46. The number of hydrogen-bond acceptors (Lipinski definition) is 6. The van der Waals surface area contributed by atoms with Crippen LogP contribution >= 0.6 is 0 Å². The van der Waals surface area contributed by atoms with Crippen molar-refractivity contribution < 1.29 is 0 Å². The van der Waals surface area contributed by atoms with Gasteiger partial charge in [0.05, 0.1) is 40.5 Å². The van der Waals surface area contributed by atoms with Gasteiger partial charge in [0.1, 0.15) is 22.7 Å². The molecule has 0 saturated heterocycles. The summed E-state index contributed by atoms with van der Waals surface area (Å²) in [7, 11) is 1.98. The van der Waals surface area contributed by atoms with Crippen molar-refractivity contribution in [3.63, 3.8) is 0 Å². The fraction of sp³-hybridized carbons (Fsp3) is 0.0909. The Morgan fingerprint density at radius 1 is 0.871 bits per heavy atom. The van der Waals surface area contributed by atoms with E-state index in [4.69, 9.17) is 4.98 Å². The molecule has 150 valence electrons. The lowest BCUT2D eigenvalue weighted by Crippen LogP contribution is -1.95. The van der Waals surface area contributed by atoms with Crippen LogP contribution in [0.2, 0.25) is 0 Å². The molecule has 0 bridgehead atoms. The van der Waals surface area contributed by atoms with Gasteiger partial charge in [-0.25, -0.2) is 9.97 Å². The van der Waals surface area contributed by atoms with Crippen LogP contribution < -0.4 is 0 Å². The van der Waals surface area contributed by atoms with Crippen molar-refractivity contribution in [1.29, 1.82) is 0 Å². The molecule has 6 heterocycles. The van der Waals surface area contributed by atoms with Gasteiger partial charge in [0.25, 0.3) is 0 Å². The molecule has 0 spiro atoms. The summed E-state index contributed by atoms with van der Waals surface area (Å²) < 4.78 is 2.01. The molecular weight excluding hydrogens is 390 g/mol. The fourth-order valence-electron chi connectivity index (χ4n) is 3.72. The molecule has 31 heavy (non-hydrogen) atoms. The Morgan fingerprint density at radius 2 is 1.81 bits per heavy atom. The van der Waals surface area contributed by atoms with E-state index < -0.39 is 0 Å². The van der Waals surface area contributed by atoms with E-state index in [9.17, 15) is 0 Å². The van der Waals surface area contributed by atoms with Crippen molar-refractivity contribution in [2.75, 3.05) is 0 Å². The van der Waals surface area contributed by atoms with Crippen LogP contribution in [-0.2, 0) is 7.05 Å².